The van der Waals surface area contributed by atoms with E-state index in [1.54, 1.807) is 0 Å². The van der Waals surface area contributed by atoms with Crippen molar-refractivity contribution < 1.29 is 4.39 Å². The second-order valence-electron chi connectivity index (χ2n) is 6.50. The number of rotatable bonds is 4. The van der Waals surface area contributed by atoms with E-state index in [-0.39, 0.29) is 5.82 Å². The van der Waals surface area contributed by atoms with Crippen molar-refractivity contribution in [3.05, 3.63) is 95.3 Å². The molecule has 0 bridgehead atoms. The molecule has 0 amide bonds. The number of aryl methyl sites for hydroxylation is 3. The van der Waals surface area contributed by atoms with Gasteiger partial charge in [-0.3, -0.25) is 0 Å². The summed E-state index contributed by atoms with van der Waals surface area (Å²) in [5.74, 6) is -0.208. The monoisotopic (exact) mass is 329 g/mol. The van der Waals surface area contributed by atoms with Crippen LogP contribution in [0.4, 0.5) is 4.39 Å². The lowest BCUT2D eigenvalue weighted by atomic mass is 10.0. The first kappa shape index (κ1) is 15.6. The van der Waals surface area contributed by atoms with Gasteiger partial charge in [-0.05, 0) is 78.4 Å². The molecule has 0 saturated heterocycles. The molecule has 1 aromatic heterocycles. The Kier molecular flexibility index (Phi) is 4.10. The molecule has 0 saturated carbocycles. The van der Waals surface area contributed by atoms with Gasteiger partial charge in [0.1, 0.15) is 5.82 Å². The number of hydrogen-bond donors (Lipinski definition) is 1. The molecule has 25 heavy (non-hydrogen) atoms. The van der Waals surface area contributed by atoms with Gasteiger partial charge in [0.05, 0.1) is 0 Å². The molecule has 0 spiro atoms. The van der Waals surface area contributed by atoms with E-state index in [0.29, 0.717) is 0 Å². The maximum absolute atomic E-state index is 13.2. The van der Waals surface area contributed by atoms with Gasteiger partial charge in [0.25, 0.3) is 0 Å². The lowest BCUT2D eigenvalue weighted by Crippen LogP contribution is -1.90. The molecule has 1 heterocycles. The number of H-pyrrole nitrogens is 1. The minimum Gasteiger partial charge on any atom is -0.354 e. The summed E-state index contributed by atoms with van der Waals surface area (Å²) in [7, 11) is 0. The molecule has 0 aliphatic rings. The number of hydrogen-bond acceptors (Lipinski definition) is 0. The lowest BCUT2D eigenvalue weighted by Gasteiger charge is -2.03. The summed E-state index contributed by atoms with van der Waals surface area (Å²) < 4.78 is 13.2. The molecule has 124 valence electrons. The molecular weight excluding hydrogens is 309 g/mol. The van der Waals surface area contributed by atoms with Crippen LogP contribution in [0.15, 0.2) is 72.8 Å². The van der Waals surface area contributed by atoms with E-state index in [0.717, 1.165) is 29.6 Å². The molecule has 0 atom stereocenters. The Hall–Kier alpha value is -2.87. The number of aromatic nitrogens is 1. The minimum absolute atomic E-state index is 0.208. The number of benzene rings is 3. The van der Waals surface area contributed by atoms with Gasteiger partial charge >= 0.3 is 0 Å². The normalized spacial score (nSPS) is 11.1. The van der Waals surface area contributed by atoms with Gasteiger partial charge in [0.2, 0.25) is 0 Å². The Labute approximate surface area is 147 Å². The van der Waals surface area contributed by atoms with Crippen LogP contribution < -0.4 is 0 Å². The van der Waals surface area contributed by atoms with Gasteiger partial charge in [0.15, 0.2) is 0 Å². The van der Waals surface area contributed by atoms with Gasteiger partial charge in [0, 0.05) is 16.6 Å². The Bertz CT molecular complexity index is 998. The summed E-state index contributed by atoms with van der Waals surface area (Å²) in [6, 6.07) is 23.8. The van der Waals surface area contributed by atoms with Crippen LogP contribution >= 0.6 is 0 Å². The van der Waals surface area contributed by atoms with Gasteiger partial charge < -0.3 is 4.98 Å². The molecule has 0 aliphatic heterocycles. The summed E-state index contributed by atoms with van der Waals surface area (Å²) in [5.41, 5.74) is 7.11. The maximum Gasteiger partial charge on any atom is 0.123 e. The van der Waals surface area contributed by atoms with E-state index in [4.69, 9.17) is 0 Å². The first-order valence-electron chi connectivity index (χ1n) is 8.62. The van der Waals surface area contributed by atoms with Crippen LogP contribution in [-0.2, 0) is 12.8 Å². The molecule has 4 rings (SSSR count). The lowest BCUT2D eigenvalue weighted by molar-refractivity contribution is 0.628. The third-order valence-corrected chi connectivity index (χ3v) is 4.80. The highest BCUT2D eigenvalue weighted by atomic mass is 19.1. The number of halogens is 1. The zero-order valence-electron chi connectivity index (χ0n) is 14.2. The van der Waals surface area contributed by atoms with E-state index in [1.165, 1.54) is 34.2 Å². The molecule has 0 fully saturated rings. The molecule has 3 aromatic carbocycles. The SMILES string of the molecule is Cc1c(-c2ccc(F)cc2)[nH]c2ccc(CCc3ccccc3)cc12. The van der Waals surface area contributed by atoms with Crippen molar-refractivity contribution in [3.8, 4) is 11.3 Å². The van der Waals surface area contributed by atoms with Gasteiger partial charge in [-0.1, -0.05) is 36.4 Å². The van der Waals surface area contributed by atoms with Crippen LogP contribution in [0.3, 0.4) is 0 Å². The summed E-state index contributed by atoms with van der Waals surface area (Å²) in [6.45, 7) is 2.12. The third-order valence-electron chi connectivity index (χ3n) is 4.80. The standard InChI is InChI=1S/C23H20FN/c1-16-21-15-18(8-7-17-5-3-2-4-6-17)9-14-22(21)25-23(16)19-10-12-20(24)13-11-19/h2-6,9-15,25H,7-8H2,1H3. The molecule has 2 heteroatoms. The number of fused-ring (bicyclic) bond motifs is 1. The van der Waals surface area contributed by atoms with Crippen molar-refractivity contribution in [3.63, 3.8) is 0 Å². The minimum atomic E-state index is -0.208. The van der Waals surface area contributed by atoms with Gasteiger partial charge in [-0.2, -0.15) is 0 Å². The Morgan fingerprint density at radius 1 is 0.800 bits per heavy atom. The zero-order chi connectivity index (χ0) is 17.2. The predicted molar refractivity (Wildman–Crippen MR) is 102 cm³/mol. The van der Waals surface area contributed by atoms with Crippen LogP contribution in [0.25, 0.3) is 22.2 Å². The van der Waals surface area contributed by atoms with E-state index in [9.17, 15) is 4.39 Å². The van der Waals surface area contributed by atoms with Crippen LogP contribution in [0.5, 0.6) is 0 Å². The largest absolute Gasteiger partial charge is 0.354 e. The zero-order valence-corrected chi connectivity index (χ0v) is 14.2. The summed E-state index contributed by atoms with van der Waals surface area (Å²) >= 11 is 0. The molecule has 0 unspecified atom stereocenters. The molecule has 1 nitrogen and oxygen atoms in total. The average Bonchev–Trinajstić information content (AvgIpc) is 2.98. The number of aromatic amines is 1. The Morgan fingerprint density at radius 2 is 1.52 bits per heavy atom. The number of nitrogens with one attached hydrogen (secondary N) is 1. The molecule has 4 aromatic rings. The second kappa shape index (κ2) is 6.56. The van der Waals surface area contributed by atoms with Gasteiger partial charge in [-0.15, -0.1) is 0 Å². The average molecular weight is 329 g/mol. The first-order chi connectivity index (χ1) is 12.2. The molecule has 0 aliphatic carbocycles. The van der Waals surface area contributed by atoms with Crippen molar-refractivity contribution in [2.45, 2.75) is 19.8 Å². The topological polar surface area (TPSA) is 15.8 Å². The highest BCUT2D eigenvalue weighted by molar-refractivity contribution is 5.90. The fraction of sp³-hybridized carbons (Fsp3) is 0.130. The predicted octanol–water partition coefficient (Wildman–Crippen LogP) is 6.07. The highest BCUT2D eigenvalue weighted by Crippen LogP contribution is 2.30. The fourth-order valence-corrected chi connectivity index (χ4v) is 3.37. The van der Waals surface area contributed by atoms with E-state index < -0.39 is 0 Å². The van der Waals surface area contributed by atoms with E-state index >= 15 is 0 Å². The first-order valence-corrected chi connectivity index (χ1v) is 8.62. The molecule has 0 radical (unpaired) electrons. The fourth-order valence-electron chi connectivity index (χ4n) is 3.37. The Balaban J connectivity index is 1.64. The quantitative estimate of drug-likeness (QED) is 0.468. The van der Waals surface area contributed by atoms with Crippen molar-refractivity contribution in [2.24, 2.45) is 0 Å². The highest BCUT2D eigenvalue weighted by Gasteiger charge is 2.10. The smallest absolute Gasteiger partial charge is 0.123 e. The molecular formula is C23H20FN. The van der Waals surface area contributed by atoms with Crippen molar-refractivity contribution in [2.75, 3.05) is 0 Å². The summed E-state index contributed by atoms with van der Waals surface area (Å²) in [4.78, 5) is 3.48. The van der Waals surface area contributed by atoms with Gasteiger partial charge in [-0.25, -0.2) is 4.39 Å². The Morgan fingerprint density at radius 3 is 2.28 bits per heavy atom. The van der Waals surface area contributed by atoms with E-state index in [2.05, 4.69) is 60.4 Å². The van der Waals surface area contributed by atoms with Crippen molar-refractivity contribution in [1.29, 1.82) is 0 Å². The third kappa shape index (κ3) is 3.20. The van der Waals surface area contributed by atoms with Crippen LogP contribution in [0.1, 0.15) is 16.7 Å². The summed E-state index contributed by atoms with van der Waals surface area (Å²) in [6.07, 6.45) is 2.07. The second-order valence-corrected chi connectivity index (χ2v) is 6.50. The summed E-state index contributed by atoms with van der Waals surface area (Å²) in [5, 5.41) is 1.24. The van der Waals surface area contributed by atoms with Crippen LogP contribution in [-0.4, -0.2) is 4.98 Å². The molecule has 1 N–H and O–H groups in total. The van der Waals surface area contributed by atoms with Crippen LogP contribution in [0, 0.1) is 12.7 Å². The van der Waals surface area contributed by atoms with E-state index in [1.807, 2.05) is 12.1 Å². The van der Waals surface area contributed by atoms with Crippen LogP contribution in [0.2, 0.25) is 0 Å². The van der Waals surface area contributed by atoms with Crippen molar-refractivity contribution >= 4 is 10.9 Å². The van der Waals surface area contributed by atoms with Crippen molar-refractivity contribution in [1.82, 2.24) is 4.98 Å². The maximum atomic E-state index is 13.2.